The number of allylic oxidation sites excluding steroid dienone is 2. The molecule has 6 heteroatoms. The lowest BCUT2D eigenvalue weighted by Gasteiger charge is -2.38. The van der Waals surface area contributed by atoms with Crippen molar-refractivity contribution in [2.45, 2.75) is 85.4 Å². The Kier molecular flexibility index (Phi) is 8.48. The minimum Gasteiger partial charge on any atom is -0.463 e. The first-order chi connectivity index (χ1) is 18.4. The van der Waals surface area contributed by atoms with Crippen LogP contribution in [-0.2, 0) is 25.7 Å². The van der Waals surface area contributed by atoms with E-state index >= 15 is 0 Å². The maximum atomic E-state index is 14.0. The second kappa shape index (κ2) is 11.5. The molecule has 1 aliphatic heterocycles. The highest BCUT2D eigenvalue weighted by Gasteiger charge is 2.43. The summed E-state index contributed by atoms with van der Waals surface area (Å²) in [7, 11) is 0. The van der Waals surface area contributed by atoms with Crippen LogP contribution in [0, 0.1) is 20.8 Å². The summed E-state index contributed by atoms with van der Waals surface area (Å²) in [6, 6.07) is 11.8. The molecule has 2 aromatic carbocycles. The standard InChI is InChI=1S/C33H41NO5/c1-8-38-32(37)31-26(18-39-33(5,6)7)34-25-15-24(28-20(3)12-19(2)13-21(28)4)16-27(36)30(25)29(31)23-11-9-10-22(14-23)17-35/h9-14,24,29,34-35H,8,15-18H2,1-7H3. The molecule has 0 saturated carbocycles. The first-order valence-corrected chi connectivity index (χ1v) is 13.8. The van der Waals surface area contributed by atoms with Crippen LogP contribution in [0.1, 0.15) is 85.8 Å². The van der Waals surface area contributed by atoms with Crippen LogP contribution in [-0.4, -0.2) is 35.7 Å². The molecule has 2 atom stereocenters. The summed E-state index contributed by atoms with van der Waals surface area (Å²) < 4.78 is 11.7. The zero-order valence-corrected chi connectivity index (χ0v) is 24.2. The van der Waals surface area contributed by atoms with E-state index in [9.17, 15) is 14.7 Å². The molecule has 2 unspecified atom stereocenters. The van der Waals surface area contributed by atoms with E-state index < -0.39 is 17.5 Å². The first kappa shape index (κ1) is 28.8. The fourth-order valence-corrected chi connectivity index (χ4v) is 6.05. The van der Waals surface area contributed by atoms with Gasteiger partial charge in [-0.1, -0.05) is 42.0 Å². The van der Waals surface area contributed by atoms with Crippen LogP contribution in [0.15, 0.2) is 58.9 Å². The monoisotopic (exact) mass is 531 g/mol. The SMILES string of the molecule is CCOC(=O)C1=C(COC(C)(C)C)NC2=C(C(=O)CC(c3c(C)cc(C)cc3C)C2)C1c1cccc(CO)c1. The Morgan fingerprint density at radius 2 is 1.77 bits per heavy atom. The molecule has 2 N–H and O–H groups in total. The van der Waals surface area contributed by atoms with Gasteiger partial charge in [-0.25, -0.2) is 4.79 Å². The van der Waals surface area contributed by atoms with Crippen LogP contribution in [0.25, 0.3) is 0 Å². The van der Waals surface area contributed by atoms with E-state index in [0.29, 0.717) is 29.7 Å². The van der Waals surface area contributed by atoms with Gasteiger partial charge in [-0.2, -0.15) is 0 Å². The summed E-state index contributed by atoms with van der Waals surface area (Å²) >= 11 is 0. The summed E-state index contributed by atoms with van der Waals surface area (Å²) in [6.45, 7) is 14.3. The molecular weight excluding hydrogens is 490 g/mol. The maximum Gasteiger partial charge on any atom is 0.336 e. The number of nitrogens with one attached hydrogen (secondary N) is 1. The Bertz CT molecular complexity index is 1320. The van der Waals surface area contributed by atoms with Crippen molar-refractivity contribution in [1.82, 2.24) is 5.32 Å². The van der Waals surface area contributed by atoms with Crippen LogP contribution in [0.2, 0.25) is 0 Å². The van der Waals surface area contributed by atoms with Crippen molar-refractivity contribution < 1.29 is 24.2 Å². The van der Waals surface area contributed by atoms with Crippen molar-refractivity contribution in [2.75, 3.05) is 13.2 Å². The van der Waals surface area contributed by atoms with Crippen molar-refractivity contribution in [3.8, 4) is 0 Å². The highest BCUT2D eigenvalue weighted by atomic mass is 16.5. The van der Waals surface area contributed by atoms with Gasteiger partial charge in [0.05, 0.1) is 36.7 Å². The topological polar surface area (TPSA) is 84.9 Å². The fourth-order valence-electron chi connectivity index (χ4n) is 6.05. The van der Waals surface area contributed by atoms with Crippen molar-refractivity contribution in [3.63, 3.8) is 0 Å². The molecule has 0 bridgehead atoms. The molecular formula is C33H41NO5. The zero-order chi connectivity index (χ0) is 28.5. The number of hydrogen-bond acceptors (Lipinski definition) is 6. The number of ether oxygens (including phenoxy) is 2. The second-order valence-corrected chi connectivity index (χ2v) is 11.7. The summed E-state index contributed by atoms with van der Waals surface area (Å²) in [6.07, 6.45) is 1.02. The molecule has 0 aromatic heterocycles. The van der Waals surface area contributed by atoms with Gasteiger partial charge in [-0.15, -0.1) is 0 Å². The van der Waals surface area contributed by atoms with Crippen molar-refractivity contribution >= 4 is 11.8 Å². The zero-order valence-electron chi connectivity index (χ0n) is 24.2. The van der Waals surface area contributed by atoms with Gasteiger partial charge in [0.2, 0.25) is 0 Å². The van der Waals surface area contributed by atoms with Gasteiger partial charge in [-0.05, 0) is 88.6 Å². The summed E-state index contributed by atoms with van der Waals surface area (Å²) in [5.41, 5.74) is 8.31. The van der Waals surface area contributed by atoms with E-state index in [1.54, 1.807) is 6.92 Å². The highest BCUT2D eigenvalue weighted by Crippen LogP contribution is 2.47. The molecule has 0 spiro atoms. The van der Waals surface area contributed by atoms with Crippen LogP contribution in [0.5, 0.6) is 0 Å². The predicted molar refractivity (Wildman–Crippen MR) is 152 cm³/mol. The van der Waals surface area contributed by atoms with Crippen LogP contribution in [0.3, 0.4) is 0 Å². The van der Waals surface area contributed by atoms with Gasteiger partial charge >= 0.3 is 5.97 Å². The van der Waals surface area contributed by atoms with Gasteiger partial charge in [0.1, 0.15) is 0 Å². The predicted octanol–water partition coefficient (Wildman–Crippen LogP) is 5.82. The van der Waals surface area contributed by atoms with E-state index in [0.717, 1.165) is 16.8 Å². The molecule has 6 nitrogen and oxygen atoms in total. The quantitative estimate of drug-likeness (QED) is 0.438. The van der Waals surface area contributed by atoms with Crippen molar-refractivity contribution in [2.24, 2.45) is 0 Å². The smallest absolute Gasteiger partial charge is 0.336 e. The van der Waals surface area contributed by atoms with Gasteiger partial charge < -0.3 is 19.9 Å². The number of Topliss-reactive ketones (excluding diaryl/α,β-unsaturated/α-hetero) is 1. The molecule has 0 fully saturated rings. The Labute approximate surface area is 232 Å². The number of aryl methyl sites for hydroxylation is 3. The lowest BCUT2D eigenvalue weighted by molar-refractivity contribution is -0.139. The van der Waals surface area contributed by atoms with Crippen molar-refractivity contribution in [3.05, 3.63) is 92.3 Å². The minimum absolute atomic E-state index is 0.0186. The Hall–Kier alpha value is -3.22. The van der Waals surface area contributed by atoms with Gasteiger partial charge in [-0.3, -0.25) is 4.79 Å². The number of esters is 1. The normalized spacial score (nSPS) is 19.6. The molecule has 208 valence electrons. The molecule has 0 amide bonds. The third-order valence-corrected chi connectivity index (χ3v) is 7.47. The maximum absolute atomic E-state index is 14.0. The second-order valence-electron chi connectivity index (χ2n) is 11.7. The Morgan fingerprint density at radius 1 is 1.08 bits per heavy atom. The Balaban J connectivity index is 1.88. The number of aliphatic hydroxyl groups is 1. The fraction of sp³-hybridized carbons (Fsp3) is 0.455. The van der Waals surface area contributed by atoms with Gasteiger partial charge in [0, 0.05) is 23.6 Å². The highest BCUT2D eigenvalue weighted by molar-refractivity contribution is 6.04. The Morgan fingerprint density at radius 3 is 2.38 bits per heavy atom. The summed E-state index contributed by atoms with van der Waals surface area (Å²) in [4.78, 5) is 27.5. The minimum atomic E-state index is -0.612. The average molecular weight is 532 g/mol. The number of carbonyl (C=O) groups excluding carboxylic acids is 2. The third kappa shape index (κ3) is 6.18. The van der Waals surface area contributed by atoms with E-state index in [-0.39, 0.29) is 31.5 Å². The van der Waals surface area contributed by atoms with E-state index in [1.807, 2.05) is 45.0 Å². The molecule has 1 heterocycles. The largest absolute Gasteiger partial charge is 0.463 e. The van der Waals surface area contributed by atoms with Crippen molar-refractivity contribution in [1.29, 1.82) is 0 Å². The van der Waals surface area contributed by atoms with E-state index in [2.05, 4.69) is 38.2 Å². The number of aliphatic hydroxyl groups excluding tert-OH is 1. The third-order valence-electron chi connectivity index (χ3n) is 7.47. The number of rotatable bonds is 7. The number of ketones is 1. The first-order valence-electron chi connectivity index (χ1n) is 13.8. The van der Waals surface area contributed by atoms with Gasteiger partial charge in [0.15, 0.2) is 5.78 Å². The number of hydrogen-bond donors (Lipinski definition) is 2. The number of dihydropyridines is 1. The van der Waals surface area contributed by atoms with Crippen LogP contribution < -0.4 is 5.32 Å². The van der Waals surface area contributed by atoms with Crippen LogP contribution >= 0.6 is 0 Å². The van der Waals surface area contributed by atoms with E-state index in [4.69, 9.17) is 9.47 Å². The summed E-state index contributed by atoms with van der Waals surface area (Å²) in [5, 5.41) is 13.3. The van der Waals surface area contributed by atoms with E-state index in [1.165, 1.54) is 22.3 Å². The average Bonchev–Trinajstić information content (AvgIpc) is 2.85. The molecule has 0 saturated heterocycles. The molecule has 2 aromatic rings. The molecule has 2 aliphatic rings. The lowest BCUT2D eigenvalue weighted by Crippen LogP contribution is -2.39. The molecule has 39 heavy (non-hydrogen) atoms. The lowest BCUT2D eigenvalue weighted by atomic mass is 9.70. The molecule has 1 aliphatic carbocycles. The van der Waals surface area contributed by atoms with Crippen LogP contribution in [0.4, 0.5) is 0 Å². The molecule has 4 rings (SSSR count). The number of carbonyl (C=O) groups is 2. The molecule has 0 radical (unpaired) electrons. The summed E-state index contributed by atoms with van der Waals surface area (Å²) in [5.74, 6) is -1.03. The number of benzene rings is 2. The van der Waals surface area contributed by atoms with Gasteiger partial charge in [0.25, 0.3) is 0 Å².